The van der Waals surface area contributed by atoms with E-state index >= 15 is 0 Å². The van der Waals surface area contributed by atoms with Crippen LogP contribution in [0.15, 0.2) is 48.5 Å². The highest BCUT2D eigenvalue weighted by Crippen LogP contribution is 2.16. The average molecular weight is 383 g/mol. The summed E-state index contributed by atoms with van der Waals surface area (Å²) in [5, 5.41) is 2.76. The minimum absolute atomic E-state index is 0.0730. The molecule has 2 aromatic rings. The van der Waals surface area contributed by atoms with Gasteiger partial charge < -0.3 is 19.7 Å². The van der Waals surface area contributed by atoms with Crippen LogP contribution >= 0.6 is 0 Å². The van der Waals surface area contributed by atoms with E-state index in [2.05, 4.69) is 5.32 Å². The van der Waals surface area contributed by atoms with Gasteiger partial charge in [-0.2, -0.15) is 0 Å². The van der Waals surface area contributed by atoms with Crippen molar-refractivity contribution in [2.75, 3.05) is 26.1 Å². The molecule has 2 N–H and O–H groups in total. The monoisotopic (exact) mass is 383 g/mol. The van der Waals surface area contributed by atoms with Gasteiger partial charge in [0.05, 0.1) is 25.5 Å². The molecule has 0 saturated heterocycles. The average Bonchev–Trinajstić information content (AvgIpc) is 2.72. The lowest BCUT2D eigenvalue weighted by atomic mass is 9.94. The molecule has 2 atom stereocenters. The second kappa shape index (κ2) is 8.67. The van der Waals surface area contributed by atoms with Crippen LogP contribution in [0.25, 0.3) is 0 Å². The van der Waals surface area contributed by atoms with E-state index in [9.17, 15) is 14.4 Å². The Labute approximate surface area is 163 Å². The summed E-state index contributed by atoms with van der Waals surface area (Å²) in [4.78, 5) is 37.6. The molecular formula is C21H23N2O5+. The molecule has 2 aromatic carbocycles. The summed E-state index contributed by atoms with van der Waals surface area (Å²) >= 11 is 0. The molecule has 0 radical (unpaired) electrons. The van der Waals surface area contributed by atoms with Crippen molar-refractivity contribution >= 4 is 23.5 Å². The van der Waals surface area contributed by atoms with Crippen molar-refractivity contribution in [3.63, 3.8) is 0 Å². The predicted octanol–water partition coefficient (Wildman–Crippen LogP) is 0.594. The third-order valence-electron chi connectivity index (χ3n) is 4.93. The second-order valence-corrected chi connectivity index (χ2v) is 6.65. The van der Waals surface area contributed by atoms with Crippen LogP contribution in [0.3, 0.4) is 0 Å². The lowest BCUT2D eigenvalue weighted by molar-refractivity contribution is -0.924. The number of ether oxygens (including phenoxy) is 2. The number of esters is 2. The SMILES string of the molecule is COC(=O)c1ccccc1NC(=O)C[NH+]1Cc2ccccc2C[C@H]1C(=O)OC. The van der Waals surface area contributed by atoms with E-state index < -0.39 is 12.0 Å². The highest BCUT2D eigenvalue weighted by Gasteiger charge is 2.37. The molecule has 7 nitrogen and oxygen atoms in total. The standard InChI is InChI=1S/C21H22N2O5/c1-27-20(25)16-9-5-6-10-17(16)22-19(24)13-23-12-15-8-4-3-7-14(15)11-18(23)21(26)28-2/h3-10,18H,11-13H2,1-2H3,(H,22,24)/p+1/t18-/m0/s1. The molecule has 0 bridgehead atoms. The molecule has 1 heterocycles. The molecule has 0 aliphatic carbocycles. The number of fused-ring (bicyclic) bond motifs is 1. The molecule has 28 heavy (non-hydrogen) atoms. The van der Waals surface area contributed by atoms with Gasteiger partial charge in [-0.3, -0.25) is 4.79 Å². The number of benzene rings is 2. The van der Waals surface area contributed by atoms with E-state index in [1.807, 2.05) is 24.3 Å². The highest BCUT2D eigenvalue weighted by atomic mass is 16.5. The van der Waals surface area contributed by atoms with Crippen LogP contribution < -0.4 is 10.2 Å². The molecule has 0 aromatic heterocycles. The van der Waals surface area contributed by atoms with Gasteiger partial charge in [0.2, 0.25) is 0 Å². The van der Waals surface area contributed by atoms with Crippen LogP contribution in [0.5, 0.6) is 0 Å². The quantitative estimate of drug-likeness (QED) is 0.739. The fraction of sp³-hybridized carbons (Fsp3) is 0.286. The van der Waals surface area contributed by atoms with Crippen molar-refractivity contribution in [3.05, 3.63) is 65.2 Å². The van der Waals surface area contributed by atoms with Gasteiger partial charge in [0.25, 0.3) is 5.91 Å². The van der Waals surface area contributed by atoms with E-state index in [1.165, 1.54) is 14.2 Å². The summed E-state index contributed by atoms with van der Waals surface area (Å²) in [7, 11) is 2.64. The predicted molar refractivity (Wildman–Crippen MR) is 102 cm³/mol. The number of anilines is 1. The molecular weight excluding hydrogens is 360 g/mol. The number of carbonyl (C=O) groups is 3. The minimum Gasteiger partial charge on any atom is -0.465 e. The van der Waals surface area contributed by atoms with Crippen LogP contribution in [0.2, 0.25) is 0 Å². The number of quaternary nitrogens is 1. The van der Waals surface area contributed by atoms with Gasteiger partial charge in [-0.25, -0.2) is 9.59 Å². The van der Waals surface area contributed by atoms with Gasteiger partial charge >= 0.3 is 11.9 Å². The van der Waals surface area contributed by atoms with Gasteiger partial charge in [0.15, 0.2) is 12.6 Å². The van der Waals surface area contributed by atoms with Crippen molar-refractivity contribution in [1.29, 1.82) is 0 Å². The number of amides is 1. The summed E-state index contributed by atoms with van der Waals surface area (Å²) in [6, 6.07) is 14.1. The van der Waals surface area contributed by atoms with Crippen molar-refractivity contribution < 1.29 is 28.8 Å². The number of hydrogen-bond donors (Lipinski definition) is 2. The van der Waals surface area contributed by atoms with Crippen LogP contribution in [-0.2, 0) is 32.0 Å². The largest absolute Gasteiger partial charge is 0.465 e. The van der Waals surface area contributed by atoms with E-state index in [-0.39, 0.29) is 24.0 Å². The van der Waals surface area contributed by atoms with Crippen LogP contribution in [0.1, 0.15) is 21.5 Å². The Bertz CT molecular complexity index is 896. The fourth-order valence-corrected chi connectivity index (χ4v) is 3.52. The van der Waals surface area contributed by atoms with Gasteiger partial charge in [-0.05, 0) is 17.7 Å². The molecule has 3 rings (SSSR count). The summed E-state index contributed by atoms with van der Waals surface area (Å²) < 4.78 is 9.70. The maximum Gasteiger partial charge on any atom is 0.365 e. The van der Waals surface area contributed by atoms with E-state index in [0.29, 0.717) is 18.7 Å². The van der Waals surface area contributed by atoms with Crippen molar-refractivity contribution in [1.82, 2.24) is 0 Å². The number of rotatable bonds is 5. The van der Waals surface area contributed by atoms with Gasteiger partial charge in [0, 0.05) is 12.0 Å². The van der Waals surface area contributed by atoms with Crippen molar-refractivity contribution in [2.24, 2.45) is 0 Å². The minimum atomic E-state index is -0.525. The number of hydrogen-bond acceptors (Lipinski definition) is 5. The van der Waals surface area contributed by atoms with E-state index in [0.717, 1.165) is 16.0 Å². The first kappa shape index (κ1) is 19.6. The topological polar surface area (TPSA) is 86.1 Å². The molecule has 1 unspecified atom stereocenters. The molecule has 0 saturated carbocycles. The fourth-order valence-electron chi connectivity index (χ4n) is 3.52. The first-order valence-electron chi connectivity index (χ1n) is 9.00. The number of carbonyl (C=O) groups excluding carboxylic acids is 3. The van der Waals surface area contributed by atoms with Crippen LogP contribution in [0.4, 0.5) is 5.69 Å². The summed E-state index contributed by atoms with van der Waals surface area (Å²) in [6.07, 6.45) is 0.518. The number of methoxy groups -OCH3 is 2. The van der Waals surface area contributed by atoms with Crippen LogP contribution in [0, 0.1) is 0 Å². The Balaban J connectivity index is 1.77. The molecule has 146 valence electrons. The zero-order valence-corrected chi connectivity index (χ0v) is 15.9. The van der Waals surface area contributed by atoms with Gasteiger partial charge in [-0.15, -0.1) is 0 Å². The third-order valence-corrected chi connectivity index (χ3v) is 4.93. The molecule has 0 fully saturated rings. The zero-order valence-electron chi connectivity index (χ0n) is 15.9. The summed E-state index contributed by atoms with van der Waals surface area (Å²) in [5.41, 5.74) is 2.87. The lowest BCUT2D eigenvalue weighted by Gasteiger charge is -2.31. The number of para-hydroxylation sites is 1. The smallest absolute Gasteiger partial charge is 0.365 e. The zero-order chi connectivity index (χ0) is 20.1. The summed E-state index contributed by atoms with van der Waals surface area (Å²) in [5.74, 6) is -1.16. The normalized spacial score (nSPS) is 17.9. The molecule has 1 aliphatic rings. The Morgan fingerprint density at radius 1 is 1.00 bits per heavy atom. The number of nitrogens with one attached hydrogen (secondary N) is 2. The lowest BCUT2D eigenvalue weighted by Crippen LogP contribution is -3.17. The Hall–Kier alpha value is -3.19. The molecule has 1 amide bonds. The van der Waals surface area contributed by atoms with E-state index in [1.54, 1.807) is 24.3 Å². The summed E-state index contributed by atoms with van der Waals surface area (Å²) in [6.45, 7) is 0.617. The third kappa shape index (κ3) is 4.20. The van der Waals surface area contributed by atoms with Gasteiger partial charge in [0.1, 0.15) is 6.54 Å². The maximum atomic E-state index is 12.7. The Kier molecular flexibility index (Phi) is 6.06. The Morgan fingerprint density at radius 3 is 2.39 bits per heavy atom. The maximum absolute atomic E-state index is 12.7. The van der Waals surface area contributed by atoms with E-state index in [4.69, 9.17) is 9.47 Å². The first-order valence-corrected chi connectivity index (χ1v) is 9.00. The molecule has 0 spiro atoms. The van der Waals surface area contributed by atoms with Crippen molar-refractivity contribution in [3.8, 4) is 0 Å². The second-order valence-electron chi connectivity index (χ2n) is 6.65. The van der Waals surface area contributed by atoms with Crippen molar-refractivity contribution in [2.45, 2.75) is 19.0 Å². The molecule has 7 heteroatoms. The highest BCUT2D eigenvalue weighted by molar-refractivity contribution is 6.01. The molecule has 1 aliphatic heterocycles. The van der Waals surface area contributed by atoms with Crippen LogP contribution in [-0.4, -0.2) is 44.7 Å². The Morgan fingerprint density at radius 2 is 1.68 bits per heavy atom. The van der Waals surface area contributed by atoms with Gasteiger partial charge in [-0.1, -0.05) is 36.4 Å². The first-order chi connectivity index (χ1) is 13.5.